The molecular weight excluding hydrogens is 336 g/mol. The maximum Gasteiger partial charge on any atom is 0.240 e. The first kappa shape index (κ1) is 16.8. The summed E-state index contributed by atoms with van der Waals surface area (Å²) in [4.78, 5) is 5.87. The van der Waals surface area contributed by atoms with Crippen LogP contribution < -0.4 is 9.62 Å². The highest BCUT2D eigenvalue weighted by atomic mass is 32.2. The van der Waals surface area contributed by atoms with Gasteiger partial charge in [-0.2, -0.15) is 0 Å². The van der Waals surface area contributed by atoms with E-state index in [0.717, 1.165) is 12.1 Å². The number of aromatic nitrogens is 1. The predicted molar refractivity (Wildman–Crippen MR) is 86.2 cm³/mol. The van der Waals surface area contributed by atoms with Crippen LogP contribution in [0.5, 0.6) is 0 Å². The smallest absolute Gasteiger partial charge is 0.240 e. The number of piperidine rings is 1. The lowest BCUT2D eigenvalue weighted by Crippen LogP contribution is -2.45. The van der Waals surface area contributed by atoms with Crippen molar-refractivity contribution in [2.24, 2.45) is 0 Å². The quantitative estimate of drug-likeness (QED) is 0.916. The highest BCUT2D eigenvalue weighted by molar-refractivity contribution is 7.89. The molecule has 1 aliphatic rings. The summed E-state index contributed by atoms with van der Waals surface area (Å²) >= 11 is 0. The van der Waals surface area contributed by atoms with Gasteiger partial charge in [0.2, 0.25) is 10.0 Å². The van der Waals surface area contributed by atoms with Gasteiger partial charge in [0.15, 0.2) is 11.6 Å². The van der Waals surface area contributed by atoms with Gasteiger partial charge in [-0.15, -0.1) is 0 Å². The van der Waals surface area contributed by atoms with E-state index in [4.69, 9.17) is 0 Å². The average Bonchev–Trinajstić information content (AvgIpc) is 2.56. The lowest BCUT2D eigenvalue weighted by molar-refractivity contribution is 0.453. The van der Waals surface area contributed by atoms with E-state index in [1.54, 1.807) is 4.90 Å². The molecule has 1 aliphatic heterocycles. The van der Waals surface area contributed by atoms with Crippen LogP contribution >= 0.6 is 0 Å². The van der Waals surface area contributed by atoms with Gasteiger partial charge in [-0.05, 0) is 49.2 Å². The Hall–Kier alpha value is -2.06. The summed E-state index contributed by atoms with van der Waals surface area (Å²) in [5.74, 6) is -0.583. The van der Waals surface area contributed by atoms with Crippen LogP contribution in [0.2, 0.25) is 0 Å². The molecule has 5 nitrogen and oxygen atoms in total. The highest BCUT2D eigenvalue weighted by Crippen LogP contribution is 2.21. The Kier molecular flexibility index (Phi) is 4.77. The standard InChI is InChI=1S/C16H17F2N3O2S/c17-12-3-5-14(6-4-12)24(22,23)20-13-7-10-21(11-8-13)16-15(18)2-1-9-19-16/h1-6,9,13,20H,7-8,10-11H2. The van der Waals surface area contributed by atoms with Crippen molar-refractivity contribution >= 4 is 15.8 Å². The molecule has 8 heteroatoms. The van der Waals surface area contributed by atoms with Crippen molar-refractivity contribution in [3.05, 3.63) is 54.2 Å². The Morgan fingerprint density at radius 2 is 1.75 bits per heavy atom. The lowest BCUT2D eigenvalue weighted by atomic mass is 10.1. The Morgan fingerprint density at radius 3 is 2.38 bits per heavy atom. The summed E-state index contributed by atoms with van der Waals surface area (Å²) in [6.07, 6.45) is 2.61. The van der Waals surface area contributed by atoms with Crippen molar-refractivity contribution in [3.63, 3.8) is 0 Å². The van der Waals surface area contributed by atoms with Crippen LogP contribution in [0.15, 0.2) is 47.5 Å². The van der Waals surface area contributed by atoms with Gasteiger partial charge in [-0.3, -0.25) is 0 Å². The number of halogens is 2. The van der Waals surface area contributed by atoms with E-state index >= 15 is 0 Å². The number of nitrogens with one attached hydrogen (secondary N) is 1. The minimum atomic E-state index is -3.69. The third-order valence-electron chi connectivity index (χ3n) is 3.98. The number of rotatable bonds is 4. The topological polar surface area (TPSA) is 62.3 Å². The number of pyridine rings is 1. The first-order valence-corrected chi connectivity index (χ1v) is 9.07. The molecule has 0 bridgehead atoms. The average molecular weight is 353 g/mol. The Bertz CT molecular complexity index is 804. The van der Waals surface area contributed by atoms with E-state index in [2.05, 4.69) is 9.71 Å². The van der Waals surface area contributed by atoms with Gasteiger partial charge < -0.3 is 4.90 Å². The molecule has 0 unspecified atom stereocenters. The van der Waals surface area contributed by atoms with Crippen LogP contribution in [-0.4, -0.2) is 32.5 Å². The molecule has 0 amide bonds. The molecule has 1 aromatic heterocycles. The van der Waals surface area contributed by atoms with E-state index in [1.165, 1.54) is 30.5 Å². The number of benzene rings is 1. The fourth-order valence-electron chi connectivity index (χ4n) is 2.72. The molecule has 0 aliphatic carbocycles. The summed E-state index contributed by atoms with van der Waals surface area (Å²) in [5, 5.41) is 0. The van der Waals surface area contributed by atoms with Crippen molar-refractivity contribution in [2.45, 2.75) is 23.8 Å². The lowest BCUT2D eigenvalue weighted by Gasteiger charge is -2.33. The molecule has 1 fully saturated rings. The van der Waals surface area contributed by atoms with E-state index in [-0.39, 0.29) is 22.6 Å². The number of nitrogens with zero attached hydrogens (tertiary/aromatic N) is 2. The summed E-state index contributed by atoms with van der Waals surface area (Å²) in [6.45, 7) is 1.01. The molecule has 3 rings (SSSR count). The van der Waals surface area contributed by atoms with Gasteiger partial charge >= 0.3 is 0 Å². The summed E-state index contributed by atoms with van der Waals surface area (Å²) in [5.41, 5.74) is 0. The van der Waals surface area contributed by atoms with Crippen LogP contribution in [0.4, 0.5) is 14.6 Å². The zero-order valence-electron chi connectivity index (χ0n) is 12.8. The largest absolute Gasteiger partial charge is 0.354 e. The molecule has 1 N–H and O–H groups in total. The van der Waals surface area contributed by atoms with Gasteiger partial charge in [0.25, 0.3) is 0 Å². The third-order valence-corrected chi connectivity index (χ3v) is 5.52. The first-order valence-electron chi connectivity index (χ1n) is 7.59. The van der Waals surface area contributed by atoms with Gasteiger partial charge in [0.1, 0.15) is 5.82 Å². The SMILES string of the molecule is O=S(=O)(NC1CCN(c2ncccc2F)CC1)c1ccc(F)cc1. The molecule has 0 spiro atoms. The Labute approximate surface area is 139 Å². The molecule has 0 saturated carbocycles. The molecule has 128 valence electrons. The second-order valence-electron chi connectivity index (χ2n) is 5.65. The molecule has 1 saturated heterocycles. The summed E-state index contributed by atoms with van der Waals surface area (Å²) in [7, 11) is -3.69. The predicted octanol–water partition coefficient (Wildman–Crippen LogP) is 2.31. The zero-order valence-corrected chi connectivity index (χ0v) is 13.6. The van der Waals surface area contributed by atoms with Crippen LogP contribution in [0.3, 0.4) is 0 Å². The van der Waals surface area contributed by atoms with Crippen molar-refractivity contribution in [2.75, 3.05) is 18.0 Å². The number of anilines is 1. The van der Waals surface area contributed by atoms with E-state index in [0.29, 0.717) is 25.9 Å². The molecule has 24 heavy (non-hydrogen) atoms. The van der Waals surface area contributed by atoms with Crippen LogP contribution in [0.25, 0.3) is 0 Å². The molecule has 2 aromatic rings. The van der Waals surface area contributed by atoms with Crippen molar-refractivity contribution in [1.29, 1.82) is 0 Å². The Morgan fingerprint density at radius 1 is 1.08 bits per heavy atom. The number of sulfonamides is 1. The van der Waals surface area contributed by atoms with Gasteiger partial charge in [-0.1, -0.05) is 0 Å². The van der Waals surface area contributed by atoms with Crippen molar-refractivity contribution < 1.29 is 17.2 Å². The maximum absolute atomic E-state index is 13.8. The number of hydrogen-bond acceptors (Lipinski definition) is 4. The number of hydrogen-bond donors (Lipinski definition) is 1. The fourth-order valence-corrected chi connectivity index (χ4v) is 4.03. The third kappa shape index (κ3) is 3.70. The summed E-state index contributed by atoms with van der Waals surface area (Å²) in [6, 6.07) is 7.32. The molecule has 0 atom stereocenters. The van der Waals surface area contributed by atoms with Gasteiger partial charge in [0.05, 0.1) is 4.90 Å². The first-order chi connectivity index (χ1) is 11.5. The minimum Gasteiger partial charge on any atom is -0.354 e. The van der Waals surface area contributed by atoms with Crippen LogP contribution in [-0.2, 0) is 10.0 Å². The maximum atomic E-state index is 13.8. The van der Waals surface area contributed by atoms with Gasteiger partial charge in [-0.25, -0.2) is 26.9 Å². The van der Waals surface area contributed by atoms with Crippen molar-refractivity contribution in [1.82, 2.24) is 9.71 Å². The zero-order chi connectivity index (χ0) is 17.2. The molecule has 0 radical (unpaired) electrons. The van der Waals surface area contributed by atoms with Crippen LogP contribution in [0, 0.1) is 11.6 Å². The highest BCUT2D eigenvalue weighted by Gasteiger charge is 2.26. The van der Waals surface area contributed by atoms with Crippen molar-refractivity contribution in [3.8, 4) is 0 Å². The minimum absolute atomic E-state index is 0.0297. The molecule has 1 aromatic carbocycles. The van der Waals surface area contributed by atoms with E-state index < -0.39 is 15.8 Å². The van der Waals surface area contributed by atoms with Crippen LogP contribution in [0.1, 0.15) is 12.8 Å². The molecule has 2 heterocycles. The van der Waals surface area contributed by atoms with E-state index in [1.807, 2.05) is 0 Å². The van der Waals surface area contributed by atoms with Gasteiger partial charge in [0, 0.05) is 25.3 Å². The van der Waals surface area contributed by atoms with E-state index in [9.17, 15) is 17.2 Å². The molecular formula is C16H17F2N3O2S. The monoisotopic (exact) mass is 353 g/mol. The second kappa shape index (κ2) is 6.82. The second-order valence-corrected chi connectivity index (χ2v) is 7.36. The fraction of sp³-hybridized carbons (Fsp3) is 0.312. The summed E-state index contributed by atoms with van der Waals surface area (Å²) < 4.78 is 53.9. The normalized spacial score (nSPS) is 16.3. The Balaban J connectivity index is 1.63.